The van der Waals surface area contributed by atoms with Crippen LogP contribution in [0.4, 0.5) is 0 Å². The summed E-state index contributed by atoms with van der Waals surface area (Å²) in [6.07, 6.45) is 5.23. The monoisotopic (exact) mass is 608 g/mol. The molecule has 0 radical (unpaired) electrons. The molecule has 0 aliphatic heterocycles. The van der Waals surface area contributed by atoms with Gasteiger partial charge in [0.25, 0.3) is 0 Å². The summed E-state index contributed by atoms with van der Waals surface area (Å²) in [5.74, 6) is 1.62. The number of nitrogens with zero attached hydrogens (tertiary/aromatic N) is 2. The van der Waals surface area contributed by atoms with Crippen LogP contribution in [0.5, 0.6) is 0 Å². The van der Waals surface area contributed by atoms with Crippen molar-refractivity contribution in [1.29, 1.82) is 5.26 Å². The number of hydrogen-bond donors (Lipinski definition) is 0. The zero-order chi connectivity index (χ0) is 21.9. The predicted molar refractivity (Wildman–Crippen MR) is 133 cm³/mol. The quantitative estimate of drug-likeness (QED) is 0.210. The molecule has 160 valence electrons. The number of ether oxygens (including phenoxy) is 1. The van der Waals surface area contributed by atoms with Crippen LogP contribution in [0.1, 0.15) is 56.5 Å². The third-order valence-corrected chi connectivity index (χ3v) is 4.23. The number of nitriles is 1. The molecule has 0 saturated carbocycles. The van der Waals surface area contributed by atoms with E-state index in [9.17, 15) is 0 Å². The summed E-state index contributed by atoms with van der Waals surface area (Å²) in [7, 11) is 0. The maximum atomic E-state index is 8.89. The lowest BCUT2D eigenvalue weighted by molar-refractivity contribution is 0.0231. The highest BCUT2D eigenvalue weighted by Crippen LogP contribution is 2.59. The third kappa shape index (κ3) is 11.6. The molecule has 29 heavy (non-hydrogen) atoms. The van der Waals surface area contributed by atoms with Crippen molar-refractivity contribution >= 4 is 50.5 Å². The van der Waals surface area contributed by atoms with Gasteiger partial charge in [0, 0.05) is 12.2 Å². The molecule has 0 amide bonds. The lowest BCUT2D eigenvalue weighted by atomic mass is 10.1. The Hall–Kier alpha value is -0.250. The van der Waals surface area contributed by atoms with Gasteiger partial charge >= 0.3 is 0 Å². The molecule has 0 unspecified atom stereocenters. The van der Waals surface area contributed by atoms with E-state index < -0.39 is 5.60 Å². The van der Waals surface area contributed by atoms with E-state index in [2.05, 4.69) is 76.6 Å². The Bertz CT molecular complexity index is 768. The van der Waals surface area contributed by atoms with Crippen LogP contribution in [0, 0.1) is 25.2 Å². The van der Waals surface area contributed by atoms with Gasteiger partial charge in [-0.05, 0) is 106 Å². The SMILES string of the molecule is BrP(Br)Br.Cc1ccc(-c2nc(CCCCCCOC(C)(C)C#N)c(C)o2)cc1. The normalized spacial score (nSPS) is 11.1. The molecule has 0 fully saturated rings. The molecule has 4 nitrogen and oxygen atoms in total. The molecule has 0 saturated heterocycles. The lowest BCUT2D eigenvalue weighted by Gasteiger charge is -2.16. The summed E-state index contributed by atoms with van der Waals surface area (Å²) in [4.78, 5) is 4.66. The summed E-state index contributed by atoms with van der Waals surface area (Å²) >= 11 is 9.51. The van der Waals surface area contributed by atoms with Crippen LogP contribution in [0.2, 0.25) is 0 Å². The molecule has 2 rings (SSSR count). The fourth-order valence-corrected chi connectivity index (χ4v) is 2.59. The molecule has 1 aromatic heterocycles. The topological polar surface area (TPSA) is 59.0 Å². The van der Waals surface area contributed by atoms with Crippen LogP contribution in [0.25, 0.3) is 11.5 Å². The van der Waals surface area contributed by atoms with Crippen molar-refractivity contribution in [1.82, 2.24) is 4.98 Å². The van der Waals surface area contributed by atoms with E-state index in [1.165, 1.54) is 5.56 Å². The van der Waals surface area contributed by atoms with E-state index in [0.29, 0.717) is 12.5 Å². The number of oxazole rings is 1. The summed E-state index contributed by atoms with van der Waals surface area (Å²) in [6, 6.07) is 10.4. The Morgan fingerprint density at radius 2 is 1.66 bits per heavy atom. The van der Waals surface area contributed by atoms with Gasteiger partial charge in [0.15, 0.2) is 0 Å². The van der Waals surface area contributed by atoms with Crippen molar-refractivity contribution in [2.45, 2.75) is 65.4 Å². The third-order valence-electron chi connectivity index (χ3n) is 4.23. The molecule has 0 bridgehead atoms. The first-order chi connectivity index (χ1) is 13.6. The van der Waals surface area contributed by atoms with Crippen LogP contribution < -0.4 is 0 Å². The molecular weight excluding hydrogens is 583 g/mol. The summed E-state index contributed by atoms with van der Waals surface area (Å²) in [6.45, 7) is 8.29. The second kappa shape index (κ2) is 13.9. The molecule has 1 aromatic carbocycles. The van der Waals surface area contributed by atoms with E-state index in [4.69, 9.17) is 14.4 Å². The van der Waals surface area contributed by atoms with Gasteiger partial charge in [-0.2, -0.15) is 5.26 Å². The molecule has 0 N–H and O–H groups in total. The zero-order valence-electron chi connectivity index (χ0n) is 17.3. The molecule has 8 heteroatoms. The number of halogens is 3. The highest BCUT2D eigenvalue weighted by Gasteiger charge is 2.16. The van der Waals surface area contributed by atoms with Crippen molar-refractivity contribution in [3.63, 3.8) is 0 Å². The number of rotatable bonds is 9. The van der Waals surface area contributed by atoms with Crippen molar-refractivity contribution < 1.29 is 9.15 Å². The van der Waals surface area contributed by atoms with Gasteiger partial charge in [0.05, 0.1) is 11.8 Å². The van der Waals surface area contributed by atoms with E-state index in [1.807, 2.05) is 19.1 Å². The van der Waals surface area contributed by atoms with E-state index in [0.717, 1.165) is 49.1 Å². The number of aromatic nitrogens is 1. The first-order valence-electron chi connectivity index (χ1n) is 9.50. The first kappa shape index (κ1) is 26.8. The Kier molecular flexibility index (Phi) is 12.9. The van der Waals surface area contributed by atoms with Gasteiger partial charge in [0.2, 0.25) is 5.89 Å². The molecule has 0 atom stereocenters. The van der Waals surface area contributed by atoms with Gasteiger partial charge < -0.3 is 9.15 Å². The maximum Gasteiger partial charge on any atom is 0.226 e. The van der Waals surface area contributed by atoms with Gasteiger partial charge in [0.1, 0.15) is 15.4 Å². The summed E-state index contributed by atoms with van der Waals surface area (Å²) in [5, 5.41) is 8.89. The molecular formula is C21H28Br3N2O2P. The van der Waals surface area contributed by atoms with E-state index in [1.54, 1.807) is 13.8 Å². The van der Waals surface area contributed by atoms with Crippen LogP contribution in [0.15, 0.2) is 28.7 Å². The minimum Gasteiger partial charge on any atom is -0.441 e. The van der Waals surface area contributed by atoms with Gasteiger partial charge in [-0.25, -0.2) is 4.98 Å². The summed E-state index contributed by atoms with van der Waals surface area (Å²) < 4.78 is 11.2. The van der Waals surface area contributed by atoms with Crippen LogP contribution >= 0.6 is 50.5 Å². The van der Waals surface area contributed by atoms with Crippen molar-refractivity contribution in [2.75, 3.05) is 6.61 Å². The average molecular weight is 611 g/mol. The van der Waals surface area contributed by atoms with E-state index in [-0.39, 0.29) is 4.03 Å². The minimum absolute atomic E-state index is 0.183. The Labute approximate surface area is 199 Å². The smallest absolute Gasteiger partial charge is 0.226 e. The largest absolute Gasteiger partial charge is 0.441 e. The summed E-state index contributed by atoms with van der Waals surface area (Å²) in [5.41, 5.74) is 2.63. The lowest BCUT2D eigenvalue weighted by Crippen LogP contribution is -2.22. The predicted octanol–water partition coefficient (Wildman–Crippen LogP) is 8.78. The highest BCUT2D eigenvalue weighted by atomic mass is 80.0. The first-order valence-corrected chi connectivity index (χ1v) is 16.9. The van der Waals surface area contributed by atoms with Crippen molar-refractivity contribution in [2.24, 2.45) is 0 Å². The van der Waals surface area contributed by atoms with Crippen LogP contribution in [-0.4, -0.2) is 17.2 Å². The Morgan fingerprint density at radius 3 is 2.24 bits per heavy atom. The standard InChI is InChI=1S/C21H28N2O2.Br3P/c1-16-10-12-18(13-11-16)20-23-19(17(2)25-20)9-7-5-6-8-14-24-21(3,4)15-22;1-4(2)3/h10-13H,5-9,14H2,1-4H3;. The molecule has 0 aliphatic carbocycles. The van der Waals surface area contributed by atoms with Crippen LogP contribution in [-0.2, 0) is 11.2 Å². The maximum absolute atomic E-state index is 8.89. The van der Waals surface area contributed by atoms with Gasteiger partial charge in [-0.1, -0.05) is 30.5 Å². The van der Waals surface area contributed by atoms with Gasteiger partial charge in [-0.15, -0.1) is 0 Å². The fourth-order valence-electron chi connectivity index (χ4n) is 2.59. The Balaban J connectivity index is 0.000000960. The molecule has 0 aliphatic rings. The Morgan fingerprint density at radius 1 is 1.07 bits per heavy atom. The molecule has 2 aromatic rings. The second-order valence-corrected chi connectivity index (χ2v) is 22.5. The number of aryl methyl sites for hydroxylation is 3. The fraction of sp³-hybridized carbons (Fsp3) is 0.524. The van der Waals surface area contributed by atoms with Crippen LogP contribution in [0.3, 0.4) is 0 Å². The highest BCUT2D eigenvalue weighted by molar-refractivity contribution is 9.93. The molecule has 0 spiro atoms. The van der Waals surface area contributed by atoms with Gasteiger partial charge in [-0.3, -0.25) is 0 Å². The number of hydrogen-bond acceptors (Lipinski definition) is 4. The van der Waals surface area contributed by atoms with Crippen molar-refractivity contribution in [3.05, 3.63) is 41.3 Å². The number of benzene rings is 1. The number of unbranched alkanes of at least 4 members (excludes halogenated alkanes) is 3. The average Bonchev–Trinajstić information content (AvgIpc) is 3.02. The minimum atomic E-state index is -0.676. The van der Waals surface area contributed by atoms with E-state index >= 15 is 0 Å². The molecule has 1 heterocycles. The zero-order valence-corrected chi connectivity index (χ0v) is 23.0. The van der Waals surface area contributed by atoms with Crippen molar-refractivity contribution in [3.8, 4) is 17.5 Å². The second-order valence-electron chi connectivity index (χ2n) is 7.21.